The molecule has 0 amide bonds. The van der Waals surface area contributed by atoms with Crippen LogP contribution in [0.4, 0.5) is 0 Å². The van der Waals surface area contributed by atoms with E-state index in [1.54, 1.807) is 0 Å². The number of hydrogen-bond acceptors (Lipinski definition) is 2. The van der Waals surface area contributed by atoms with Crippen LogP contribution in [0.2, 0.25) is 0 Å². The highest BCUT2D eigenvalue weighted by Crippen LogP contribution is 2.39. The second-order valence-corrected chi connectivity index (χ2v) is 3.94. The summed E-state index contributed by atoms with van der Waals surface area (Å²) in [5.74, 6) is 0.321. The lowest BCUT2D eigenvalue weighted by Crippen LogP contribution is -2.36. The van der Waals surface area contributed by atoms with Crippen LogP contribution in [0.15, 0.2) is 0 Å². The predicted octanol–water partition coefficient (Wildman–Crippen LogP) is 1.17. The van der Waals surface area contributed by atoms with E-state index in [-0.39, 0.29) is 18.6 Å². The average molecular weight is 158 g/mol. The van der Waals surface area contributed by atoms with Gasteiger partial charge >= 0.3 is 0 Å². The molecule has 0 bridgehead atoms. The van der Waals surface area contributed by atoms with Gasteiger partial charge in [0.2, 0.25) is 0 Å². The van der Waals surface area contributed by atoms with Gasteiger partial charge in [-0.2, -0.15) is 0 Å². The van der Waals surface area contributed by atoms with E-state index >= 15 is 0 Å². The van der Waals surface area contributed by atoms with Crippen molar-refractivity contribution in [2.24, 2.45) is 11.3 Å². The van der Waals surface area contributed by atoms with Crippen LogP contribution in [-0.2, 0) is 0 Å². The van der Waals surface area contributed by atoms with Crippen LogP contribution in [0.1, 0.15) is 32.6 Å². The summed E-state index contributed by atoms with van der Waals surface area (Å²) in [5, 5.41) is 18.2. The third-order valence-electron chi connectivity index (χ3n) is 3.12. The minimum Gasteiger partial charge on any atom is -0.396 e. The molecule has 66 valence electrons. The molecule has 0 heterocycles. The van der Waals surface area contributed by atoms with E-state index in [0.717, 1.165) is 12.8 Å². The maximum Gasteiger partial charge on any atom is 0.0488 e. The van der Waals surface area contributed by atoms with E-state index < -0.39 is 0 Å². The molecular formula is C9H18O2. The molecule has 2 unspecified atom stereocenters. The van der Waals surface area contributed by atoms with E-state index in [1.807, 2.05) is 0 Å². The first-order valence-electron chi connectivity index (χ1n) is 4.44. The Labute approximate surface area is 68.2 Å². The van der Waals surface area contributed by atoms with Gasteiger partial charge in [0.15, 0.2) is 0 Å². The van der Waals surface area contributed by atoms with Crippen molar-refractivity contribution in [2.45, 2.75) is 32.6 Å². The van der Waals surface area contributed by atoms with Crippen LogP contribution < -0.4 is 0 Å². The predicted molar refractivity (Wildman–Crippen MR) is 44.2 cm³/mol. The van der Waals surface area contributed by atoms with Gasteiger partial charge in [-0.15, -0.1) is 0 Å². The zero-order valence-corrected chi connectivity index (χ0v) is 7.21. The van der Waals surface area contributed by atoms with Crippen molar-refractivity contribution < 1.29 is 10.2 Å². The Morgan fingerprint density at radius 1 is 1.36 bits per heavy atom. The van der Waals surface area contributed by atoms with Crippen LogP contribution in [0.5, 0.6) is 0 Å². The fourth-order valence-electron chi connectivity index (χ4n) is 1.99. The molecule has 11 heavy (non-hydrogen) atoms. The van der Waals surface area contributed by atoms with Gasteiger partial charge in [-0.05, 0) is 24.2 Å². The van der Waals surface area contributed by atoms with Crippen LogP contribution in [-0.4, -0.2) is 23.4 Å². The fourth-order valence-corrected chi connectivity index (χ4v) is 1.99. The van der Waals surface area contributed by atoms with Crippen molar-refractivity contribution in [3.63, 3.8) is 0 Å². The van der Waals surface area contributed by atoms with Crippen LogP contribution >= 0.6 is 0 Å². The summed E-state index contributed by atoms with van der Waals surface area (Å²) in [5.41, 5.74) is -0.00694. The lowest BCUT2D eigenvalue weighted by Gasteiger charge is -2.39. The monoisotopic (exact) mass is 158 g/mol. The molecule has 2 heteroatoms. The molecule has 0 saturated heterocycles. The highest BCUT2D eigenvalue weighted by Gasteiger charge is 2.35. The molecule has 1 rings (SSSR count). The molecule has 0 aromatic carbocycles. The van der Waals surface area contributed by atoms with E-state index in [1.165, 1.54) is 12.8 Å². The summed E-state index contributed by atoms with van der Waals surface area (Å²) >= 11 is 0. The van der Waals surface area contributed by atoms with Gasteiger partial charge in [0, 0.05) is 13.2 Å². The van der Waals surface area contributed by atoms with Crippen molar-refractivity contribution in [1.82, 2.24) is 0 Å². The minimum absolute atomic E-state index is 0.00694. The summed E-state index contributed by atoms with van der Waals surface area (Å²) < 4.78 is 0. The zero-order valence-electron chi connectivity index (χ0n) is 7.21. The lowest BCUT2D eigenvalue weighted by atomic mass is 9.68. The Kier molecular flexibility index (Phi) is 2.90. The number of hydrogen-bond donors (Lipinski definition) is 2. The second kappa shape index (κ2) is 3.55. The third kappa shape index (κ3) is 1.74. The van der Waals surface area contributed by atoms with Crippen LogP contribution in [0.3, 0.4) is 0 Å². The molecule has 0 spiro atoms. The van der Waals surface area contributed by atoms with E-state index in [2.05, 4.69) is 6.92 Å². The van der Waals surface area contributed by atoms with Gasteiger partial charge in [0.25, 0.3) is 0 Å². The summed E-state index contributed by atoms with van der Waals surface area (Å²) in [6.45, 7) is 2.53. The summed E-state index contributed by atoms with van der Waals surface area (Å²) in [4.78, 5) is 0. The molecule has 0 aromatic rings. The van der Waals surface area contributed by atoms with Gasteiger partial charge in [-0.1, -0.05) is 19.8 Å². The van der Waals surface area contributed by atoms with Crippen molar-refractivity contribution in [3.05, 3.63) is 0 Å². The highest BCUT2D eigenvalue weighted by molar-refractivity contribution is 4.85. The van der Waals surface area contributed by atoms with Gasteiger partial charge in [-0.3, -0.25) is 0 Å². The van der Waals surface area contributed by atoms with Crippen LogP contribution in [0.25, 0.3) is 0 Å². The SMILES string of the molecule is CC1(CO)CCCCC1CO. The molecule has 2 nitrogen and oxygen atoms in total. The van der Waals surface area contributed by atoms with Gasteiger partial charge in [0.1, 0.15) is 0 Å². The normalized spacial score (nSPS) is 39.0. The molecule has 1 saturated carbocycles. The van der Waals surface area contributed by atoms with E-state index in [4.69, 9.17) is 10.2 Å². The molecule has 1 aliphatic carbocycles. The average Bonchev–Trinajstić information content (AvgIpc) is 2.05. The number of aliphatic hydroxyl groups is 2. The molecule has 1 aliphatic rings. The minimum atomic E-state index is -0.00694. The standard InChI is InChI=1S/C9H18O2/c1-9(7-11)5-3-2-4-8(9)6-10/h8,10-11H,2-7H2,1H3. The lowest BCUT2D eigenvalue weighted by molar-refractivity contribution is 0.00901. The fraction of sp³-hybridized carbons (Fsp3) is 1.00. The Morgan fingerprint density at radius 2 is 2.09 bits per heavy atom. The molecule has 2 N–H and O–H groups in total. The first-order valence-corrected chi connectivity index (χ1v) is 4.44. The number of aliphatic hydroxyl groups excluding tert-OH is 2. The molecule has 0 radical (unpaired) electrons. The molecule has 1 fully saturated rings. The van der Waals surface area contributed by atoms with E-state index in [9.17, 15) is 0 Å². The Balaban J connectivity index is 2.57. The maximum absolute atomic E-state index is 9.14. The largest absolute Gasteiger partial charge is 0.396 e. The van der Waals surface area contributed by atoms with Crippen molar-refractivity contribution >= 4 is 0 Å². The van der Waals surface area contributed by atoms with Crippen molar-refractivity contribution in [3.8, 4) is 0 Å². The van der Waals surface area contributed by atoms with Crippen molar-refractivity contribution in [2.75, 3.05) is 13.2 Å². The topological polar surface area (TPSA) is 40.5 Å². The summed E-state index contributed by atoms with van der Waals surface area (Å²) in [6, 6.07) is 0. The molecular weight excluding hydrogens is 140 g/mol. The van der Waals surface area contributed by atoms with Crippen molar-refractivity contribution in [1.29, 1.82) is 0 Å². The first kappa shape index (κ1) is 9.01. The maximum atomic E-state index is 9.14. The quantitative estimate of drug-likeness (QED) is 0.633. The first-order chi connectivity index (χ1) is 5.23. The van der Waals surface area contributed by atoms with Gasteiger partial charge in [-0.25, -0.2) is 0 Å². The smallest absolute Gasteiger partial charge is 0.0488 e. The van der Waals surface area contributed by atoms with Gasteiger partial charge < -0.3 is 10.2 Å². The molecule has 0 aliphatic heterocycles. The summed E-state index contributed by atoms with van der Waals surface area (Å²) in [6.07, 6.45) is 4.55. The number of rotatable bonds is 2. The van der Waals surface area contributed by atoms with Crippen LogP contribution in [0, 0.1) is 11.3 Å². The zero-order chi connectivity index (χ0) is 8.32. The highest BCUT2D eigenvalue weighted by atomic mass is 16.3. The Hall–Kier alpha value is -0.0800. The Morgan fingerprint density at radius 3 is 2.55 bits per heavy atom. The Bertz CT molecular complexity index is 125. The molecule has 0 aromatic heterocycles. The van der Waals surface area contributed by atoms with E-state index in [0.29, 0.717) is 5.92 Å². The summed E-state index contributed by atoms with van der Waals surface area (Å²) in [7, 11) is 0. The second-order valence-electron chi connectivity index (χ2n) is 3.94. The molecule has 2 atom stereocenters. The third-order valence-corrected chi connectivity index (χ3v) is 3.12. The van der Waals surface area contributed by atoms with Gasteiger partial charge in [0.05, 0.1) is 0 Å².